The van der Waals surface area contributed by atoms with Gasteiger partial charge in [-0.15, -0.1) is 0 Å². The summed E-state index contributed by atoms with van der Waals surface area (Å²) in [6.45, 7) is 1.16. The zero-order chi connectivity index (χ0) is 12.9. The number of fused-ring (bicyclic) bond motifs is 2. The van der Waals surface area contributed by atoms with Crippen LogP contribution in [0.5, 0.6) is 0 Å². The van der Waals surface area contributed by atoms with Gasteiger partial charge in [-0.25, -0.2) is 8.42 Å². The lowest BCUT2D eigenvalue weighted by atomic mass is 9.75. The van der Waals surface area contributed by atoms with Crippen molar-refractivity contribution in [3.63, 3.8) is 0 Å². The molecule has 0 amide bonds. The Morgan fingerprint density at radius 2 is 1.78 bits per heavy atom. The molecule has 4 rings (SSSR count). The van der Waals surface area contributed by atoms with E-state index in [9.17, 15) is 8.42 Å². The minimum atomic E-state index is -3.05. The first-order chi connectivity index (χ1) is 8.45. The highest BCUT2D eigenvalue weighted by molar-refractivity contribution is 9.10. The van der Waals surface area contributed by atoms with E-state index >= 15 is 0 Å². The van der Waals surface area contributed by atoms with Crippen LogP contribution in [-0.4, -0.2) is 44.2 Å². The SMILES string of the molecule is CS(=O)(=O)N1C[C@@H]2N[C@H](C1)C2c1ccc(Br)cc1. The Morgan fingerprint density at radius 1 is 1.22 bits per heavy atom. The molecule has 3 heterocycles. The summed E-state index contributed by atoms with van der Waals surface area (Å²) < 4.78 is 25.7. The van der Waals surface area contributed by atoms with Gasteiger partial charge in [-0.3, -0.25) is 0 Å². The summed E-state index contributed by atoms with van der Waals surface area (Å²) in [5, 5.41) is 3.43. The fraction of sp³-hybridized carbons (Fsp3) is 0.500. The van der Waals surface area contributed by atoms with Gasteiger partial charge in [0.25, 0.3) is 0 Å². The molecule has 1 unspecified atom stereocenters. The number of piperidine rings is 1. The first-order valence-electron chi connectivity index (χ1n) is 5.92. The van der Waals surface area contributed by atoms with Crippen molar-refractivity contribution in [2.75, 3.05) is 19.3 Å². The van der Waals surface area contributed by atoms with Gasteiger partial charge in [0, 0.05) is 35.6 Å². The molecule has 3 fully saturated rings. The third-order valence-corrected chi connectivity index (χ3v) is 5.58. The predicted molar refractivity (Wildman–Crippen MR) is 74.0 cm³/mol. The van der Waals surface area contributed by atoms with Crippen molar-refractivity contribution in [3.05, 3.63) is 34.3 Å². The van der Waals surface area contributed by atoms with Gasteiger partial charge in [0.05, 0.1) is 6.26 Å². The van der Waals surface area contributed by atoms with E-state index in [0.717, 1.165) is 4.47 Å². The van der Waals surface area contributed by atoms with Gasteiger partial charge in [-0.1, -0.05) is 28.1 Å². The number of sulfonamides is 1. The molecule has 6 heteroatoms. The smallest absolute Gasteiger partial charge is 0.211 e. The molecule has 4 nitrogen and oxygen atoms in total. The van der Waals surface area contributed by atoms with E-state index in [1.54, 1.807) is 4.31 Å². The molecular formula is C12H15BrN2O2S. The average molecular weight is 331 g/mol. The number of rotatable bonds is 2. The number of piperazine rings is 1. The van der Waals surface area contributed by atoms with E-state index in [-0.39, 0.29) is 12.1 Å². The van der Waals surface area contributed by atoms with Crippen LogP contribution < -0.4 is 5.32 Å². The standard InChI is InChI=1S/C12H15BrN2O2S/c1-18(16,17)15-6-10-12(11(7-15)14-10)8-2-4-9(13)5-3-8/h2-5,10-12,14H,6-7H2,1H3/t10-,11+,12?. The first-order valence-corrected chi connectivity index (χ1v) is 8.56. The second kappa shape index (κ2) is 4.30. The van der Waals surface area contributed by atoms with E-state index < -0.39 is 10.0 Å². The Bertz CT molecular complexity index is 546. The van der Waals surface area contributed by atoms with Crippen molar-refractivity contribution in [2.24, 2.45) is 0 Å². The van der Waals surface area contributed by atoms with Gasteiger partial charge in [0.15, 0.2) is 0 Å². The maximum Gasteiger partial charge on any atom is 0.211 e. The monoisotopic (exact) mass is 330 g/mol. The van der Waals surface area contributed by atoms with E-state index in [2.05, 4.69) is 33.4 Å². The minimum absolute atomic E-state index is 0.250. The molecule has 3 aliphatic rings. The molecule has 0 saturated carbocycles. The summed E-state index contributed by atoms with van der Waals surface area (Å²) in [4.78, 5) is 0. The molecule has 2 bridgehead atoms. The van der Waals surface area contributed by atoms with Crippen molar-refractivity contribution in [3.8, 4) is 0 Å². The van der Waals surface area contributed by atoms with Crippen molar-refractivity contribution in [2.45, 2.75) is 18.0 Å². The Hall–Kier alpha value is -0.430. The average Bonchev–Trinajstić information content (AvgIpc) is 2.31. The van der Waals surface area contributed by atoms with Crippen LogP contribution in [0.2, 0.25) is 0 Å². The third-order valence-electron chi connectivity index (χ3n) is 3.82. The number of benzene rings is 1. The Balaban J connectivity index is 1.78. The van der Waals surface area contributed by atoms with Crippen LogP contribution in [0.1, 0.15) is 11.5 Å². The van der Waals surface area contributed by atoms with Gasteiger partial charge in [0.1, 0.15) is 0 Å². The van der Waals surface area contributed by atoms with Crippen molar-refractivity contribution in [1.29, 1.82) is 0 Å². The molecule has 1 aromatic carbocycles. The summed E-state index contributed by atoms with van der Waals surface area (Å²) in [5.41, 5.74) is 1.29. The topological polar surface area (TPSA) is 49.4 Å². The summed E-state index contributed by atoms with van der Waals surface area (Å²) in [5.74, 6) is 0.441. The molecule has 1 aromatic rings. The zero-order valence-electron chi connectivity index (χ0n) is 10.0. The molecule has 0 aliphatic carbocycles. The molecule has 0 radical (unpaired) electrons. The van der Waals surface area contributed by atoms with Gasteiger partial charge in [-0.05, 0) is 17.7 Å². The molecule has 0 aromatic heterocycles. The lowest BCUT2D eigenvalue weighted by molar-refractivity contribution is 0.102. The first kappa shape index (κ1) is 12.6. The van der Waals surface area contributed by atoms with Crippen LogP contribution >= 0.6 is 15.9 Å². The molecule has 3 aliphatic heterocycles. The largest absolute Gasteiger partial charge is 0.307 e. The summed E-state index contributed by atoms with van der Waals surface area (Å²) in [6, 6.07) is 8.81. The van der Waals surface area contributed by atoms with Crippen LogP contribution in [0, 0.1) is 0 Å². The van der Waals surface area contributed by atoms with Gasteiger partial charge in [-0.2, -0.15) is 4.31 Å². The van der Waals surface area contributed by atoms with E-state index in [0.29, 0.717) is 19.0 Å². The fourth-order valence-electron chi connectivity index (χ4n) is 2.91. The van der Waals surface area contributed by atoms with E-state index in [1.807, 2.05) is 12.1 Å². The molecule has 1 N–H and O–H groups in total. The number of nitrogens with zero attached hydrogens (tertiary/aromatic N) is 1. The van der Waals surface area contributed by atoms with Crippen LogP contribution in [0.15, 0.2) is 28.7 Å². The summed E-state index contributed by atoms with van der Waals surface area (Å²) >= 11 is 3.43. The lowest BCUT2D eigenvalue weighted by Crippen LogP contribution is -2.72. The molecule has 3 atom stereocenters. The van der Waals surface area contributed by atoms with Crippen LogP contribution in [0.4, 0.5) is 0 Å². The highest BCUT2D eigenvalue weighted by atomic mass is 79.9. The van der Waals surface area contributed by atoms with Crippen molar-refractivity contribution >= 4 is 26.0 Å². The predicted octanol–water partition coefficient (Wildman–Crippen LogP) is 1.15. The minimum Gasteiger partial charge on any atom is -0.307 e. The number of hydrogen-bond acceptors (Lipinski definition) is 3. The number of hydrogen-bond donors (Lipinski definition) is 1. The van der Waals surface area contributed by atoms with Crippen molar-refractivity contribution < 1.29 is 8.42 Å². The van der Waals surface area contributed by atoms with Crippen molar-refractivity contribution in [1.82, 2.24) is 9.62 Å². The zero-order valence-corrected chi connectivity index (χ0v) is 12.4. The summed E-state index contributed by atoms with van der Waals surface area (Å²) in [6.07, 6.45) is 1.28. The molecule has 0 spiro atoms. The lowest BCUT2D eigenvalue weighted by Gasteiger charge is -2.54. The maximum atomic E-state index is 11.5. The Morgan fingerprint density at radius 3 is 2.28 bits per heavy atom. The number of halogens is 1. The summed E-state index contributed by atoms with van der Waals surface area (Å²) in [7, 11) is -3.05. The fourth-order valence-corrected chi connectivity index (χ4v) is 4.04. The molecule has 3 saturated heterocycles. The van der Waals surface area contributed by atoms with E-state index in [4.69, 9.17) is 0 Å². The van der Waals surface area contributed by atoms with Gasteiger partial charge >= 0.3 is 0 Å². The highest BCUT2D eigenvalue weighted by Crippen LogP contribution is 2.37. The Labute approximate surface area is 116 Å². The Kier molecular flexibility index (Phi) is 3.01. The van der Waals surface area contributed by atoms with Crippen LogP contribution in [-0.2, 0) is 10.0 Å². The normalized spacial score (nSPS) is 32.0. The highest BCUT2D eigenvalue weighted by Gasteiger charge is 2.48. The maximum absolute atomic E-state index is 11.5. The quantitative estimate of drug-likeness (QED) is 0.884. The second-order valence-electron chi connectivity index (χ2n) is 5.04. The third kappa shape index (κ3) is 2.11. The van der Waals surface area contributed by atoms with Gasteiger partial charge < -0.3 is 5.32 Å². The van der Waals surface area contributed by atoms with Gasteiger partial charge in [0.2, 0.25) is 10.0 Å². The van der Waals surface area contributed by atoms with Crippen LogP contribution in [0.25, 0.3) is 0 Å². The van der Waals surface area contributed by atoms with E-state index in [1.165, 1.54) is 11.8 Å². The molecular weight excluding hydrogens is 316 g/mol. The number of nitrogens with one attached hydrogen (secondary N) is 1. The molecule has 18 heavy (non-hydrogen) atoms. The van der Waals surface area contributed by atoms with Crippen LogP contribution in [0.3, 0.4) is 0 Å². The molecule has 98 valence electrons. The second-order valence-corrected chi connectivity index (χ2v) is 7.94.